The topological polar surface area (TPSA) is 97.3 Å². The largest absolute Gasteiger partial charge is 0.480 e. The van der Waals surface area contributed by atoms with Gasteiger partial charge in [-0.05, 0) is 61.7 Å². The van der Waals surface area contributed by atoms with Crippen LogP contribution in [0.4, 0.5) is 14.6 Å². The van der Waals surface area contributed by atoms with Gasteiger partial charge in [0, 0.05) is 29.8 Å². The number of nitrogens with zero attached hydrogens (tertiary/aromatic N) is 1. The van der Waals surface area contributed by atoms with Gasteiger partial charge in [-0.15, -0.1) is 0 Å². The predicted molar refractivity (Wildman–Crippen MR) is 124 cm³/mol. The number of rotatable bonds is 8. The molecule has 0 saturated carbocycles. The second kappa shape index (κ2) is 9.38. The molecule has 0 unspecified atom stereocenters. The highest BCUT2D eigenvalue weighted by atomic mass is 19.1. The Hall–Kier alpha value is -3.78. The molecule has 3 rings (SSSR count). The van der Waals surface area contributed by atoms with E-state index in [2.05, 4.69) is 11.9 Å². The molecule has 0 bridgehead atoms. The maximum Gasteiger partial charge on any atom is 0.323 e. The summed E-state index contributed by atoms with van der Waals surface area (Å²) in [5, 5.41) is 12.1. The third-order valence-corrected chi connectivity index (χ3v) is 5.42. The zero-order chi connectivity index (χ0) is 24.3. The van der Waals surface area contributed by atoms with E-state index in [4.69, 9.17) is 10.8 Å². The monoisotopic (exact) mass is 453 g/mol. The van der Waals surface area contributed by atoms with Gasteiger partial charge in [0.1, 0.15) is 23.0 Å². The minimum absolute atomic E-state index is 0.0776. The molecule has 0 radical (unpaired) electrons. The van der Waals surface area contributed by atoms with Crippen molar-refractivity contribution in [1.29, 1.82) is 0 Å². The van der Waals surface area contributed by atoms with Crippen LogP contribution in [0.15, 0.2) is 66.0 Å². The smallest absolute Gasteiger partial charge is 0.323 e. The average Bonchev–Trinajstić information content (AvgIpc) is 2.74. The van der Waals surface area contributed by atoms with Gasteiger partial charge in [0.25, 0.3) is 5.56 Å². The standard InChI is InChI=1S/C25H25F2N3O3/c1-15(19-9-6-17(26)14-21(19)27)20-10-11-22(31)30(23(20)28)18-7-4-16(5-8-18)12-13-29-25(2,3)24(32)33/h4-11,14,29H,1,12-13,28H2,2-3H3,(H,32,33). The molecule has 0 aliphatic heterocycles. The number of carbonyl (C=O) groups is 1. The van der Waals surface area contributed by atoms with Crippen molar-refractivity contribution < 1.29 is 18.7 Å². The highest BCUT2D eigenvalue weighted by Gasteiger charge is 2.25. The van der Waals surface area contributed by atoms with E-state index >= 15 is 0 Å². The minimum atomic E-state index is -1.03. The number of nitrogens with two attached hydrogens (primary N) is 1. The maximum absolute atomic E-state index is 14.2. The fourth-order valence-electron chi connectivity index (χ4n) is 3.36. The molecule has 0 aliphatic carbocycles. The second-order valence-corrected chi connectivity index (χ2v) is 8.18. The van der Waals surface area contributed by atoms with Crippen molar-refractivity contribution >= 4 is 17.4 Å². The molecule has 8 heteroatoms. The van der Waals surface area contributed by atoms with Gasteiger partial charge in [0.2, 0.25) is 0 Å². The third kappa shape index (κ3) is 5.18. The lowest BCUT2D eigenvalue weighted by atomic mass is 9.99. The zero-order valence-corrected chi connectivity index (χ0v) is 18.4. The van der Waals surface area contributed by atoms with Crippen LogP contribution in [0.5, 0.6) is 0 Å². The molecule has 0 amide bonds. The lowest BCUT2D eigenvalue weighted by molar-refractivity contribution is -0.143. The van der Waals surface area contributed by atoms with Crippen LogP contribution in [0, 0.1) is 11.6 Å². The first kappa shape index (κ1) is 23.9. The molecular weight excluding hydrogens is 428 g/mol. The number of carboxylic acid groups (broad SMARTS) is 1. The molecule has 1 aromatic heterocycles. The lowest BCUT2D eigenvalue weighted by Crippen LogP contribution is -2.47. The summed E-state index contributed by atoms with van der Waals surface area (Å²) in [6.45, 7) is 7.52. The lowest BCUT2D eigenvalue weighted by Gasteiger charge is -2.21. The van der Waals surface area contributed by atoms with Crippen molar-refractivity contribution in [2.24, 2.45) is 0 Å². The molecule has 0 fully saturated rings. The number of hydrogen-bond acceptors (Lipinski definition) is 4. The molecule has 0 saturated heterocycles. The average molecular weight is 453 g/mol. The Morgan fingerprint density at radius 2 is 1.73 bits per heavy atom. The Morgan fingerprint density at radius 1 is 1.09 bits per heavy atom. The number of aliphatic carboxylic acids is 1. The minimum Gasteiger partial charge on any atom is -0.480 e. The molecule has 3 aromatic rings. The molecule has 172 valence electrons. The zero-order valence-electron chi connectivity index (χ0n) is 18.4. The number of hydrogen-bond donors (Lipinski definition) is 3. The molecule has 6 nitrogen and oxygen atoms in total. The molecule has 0 aliphatic rings. The third-order valence-electron chi connectivity index (χ3n) is 5.42. The fraction of sp³-hybridized carbons (Fsp3) is 0.200. The molecule has 4 N–H and O–H groups in total. The number of nitrogen functional groups attached to an aromatic ring is 1. The van der Waals surface area contributed by atoms with Crippen LogP contribution in [0.2, 0.25) is 0 Å². The van der Waals surface area contributed by atoms with Gasteiger partial charge in [-0.3, -0.25) is 14.2 Å². The predicted octanol–water partition coefficient (Wildman–Crippen LogP) is 3.75. The number of anilines is 1. The number of aromatic nitrogens is 1. The highest BCUT2D eigenvalue weighted by Crippen LogP contribution is 2.29. The fourth-order valence-corrected chi connectivity index (χ4v) is 3.36. The van der Waals surface area contributed by atoms with Crippen molar-refractivity contribution in [2.45, 2.75) is 25.8 Å². The summed E-state index contributed by atoms with van der Waals surface area (Å²) in [4.78, 5) is 23.7. The van der Waals surface area contributed by atoms with Crippen LogP contribution in [-0.4, -0.2) is 27.7 Å². The first-order valence-corrected chi connectivity index (χ1v) is 10.3. The molecule has 2 aromatic carbocycles. The van der Waals surface area contributed by atoms with Gasteiger partial charge < -0.3 is 16.2 Å². The van der Waals surface area contributed by atoms with E-state index in [1.54, 1.807) is 26.0 Å². The SMILES string of the molecule is C=C(c1ccc(F)cc1F)c1ccc(=O)n(-c2ccc(CCNC(C)(C)C(=O)O)cc2)c1N. The van der Waals surface area contributed by atoms with Gasteiger partial charge in [-0.2, -0.15) is 0 Å². The highest BCUT2D eigenvalue weighted by molar-refractivity contribution is 5.83. The van der Waals surface area contributed by atoms with Gasteiger partial charge in [0.15, 0.2) is 0 Å². The van der Waals surface area contributed by atoms with Crippen LogP contribution in [-0.2, 0) is 11.2 Å². The van der Waals surface area contributed by atoms with Crippen LogP contribution < -0.4 is 16.6 Å². The van der Waals surface area contributed by atoms with Crippen LogP contribution in [0.1, 0.15) is 30.5 Å². The maximum atomic E-state index is 14.2. The number of halogens is 2. The number of pyridine rings is 1. The summed E-state index contributed by atoms with van der Waals surface area (Å²) in [5.41, 5.74) is 6.97. The Balaban J connectivity index is 1.86. The summed E-state index contributed by atoms with van der Waals surface area (Å²) in [6, 6.07) is 13.0. The van der Waals surface area contributed by atoms with E-state index in [-0.39, 0.29) is 22.5 Å². The van der Waals surface area contributed by atoms with Crippen molar-refractivity contribution in [3.63, 3.8) is 0 Å². The Morgan fingerprint density at radius 3 is 2.33 bits per heavy atom. The van der Waals surface area contributed by atoms with Gasteiger partial charge in [-0.1, -0.05) is 18.7 Å². The van der Waals surface area contributed by atoms with E-state index in [9.17, 15) is 18.4 Å². The number of benzene rings is 2. The molecule has 33 heavy (non-hydrogen) atoms. The normalized spacial score (nSPS) is 11.4. The van der Waals surface area contributed by atoms with Gasteiger partial charge >= 0.3 is 5.97 Å². The van der Waals surface area contributed by atoms with Crippen molar-refractivity contribution in [3.05, 3.63) is 99.9 Å². The van der Waals surface area contributed by atoms with E-state index in [1.165, 1.54) is 22.8 Å². The summed E-state index contributed by atoms with van der Waals surface area (Å²) >= 11 is 0. The second-order valence-electron chi connectivity index (χ2n) is 8.18. The van der Waals surface area contributed by atoms with Crippen LogP contribution >= 0.6 is 0 Å². The summed E-state index contributed by atoms with van der Waals surface area (Å²) in [7, 11) is 0. The Bertz CT molecular complexity index is 1260. The Kier molecular flexibility index (Phi) is 6.78. The van der Waals surface area contributed by atoms with Crippen molar-refractivity contribution in [1.82, 2.24) is 9.88 Å². The van der Waals surface area contributed by atoms with E-state index in [1.807, 2.05) is 12.1 Å². The number of carboxylic acids is 1. The Labute approximate surface area is 190 Å². The van der Waals surface area contributed by atoms with Crippen LogP contribution in [0.25, 0.3) is 11.3 Å². The first-order chi connectivity index (χ1) is 15.5. The molecule has 1 heterocycles. The summed E-state index contributed by atoms with van der Waals surface area (Å²) in [5.74, 6) is -2.34. The quantitative estimate of drug-likeness (QED) is 0.483. The van der Waals surface area contributed by atoms with Crippen molar-refractivity contribution in [2.75, 3.05) is 12.3 Å². The molecule has 0 spiro atoms. The van der Waals surface area contributed by atoms with Crippen LogP contribution in [0.3, 0.4) is 0 Å². The summed E-state index contributed by atoms with van der Waals surface area (Å²) in [6.07, 6.45) is 0.585. The van der Waals surface area contributed by atoms with E-state index in [0.29, 0.717) is 24.2 Å². The van der Waals surface area contributed by atoms with E-state index < -0.39 is 23.1 Å². The molecule has 0 atom stereocenters. The van der Waals surface area contributed by atoms with Gasteiger partial charge in [-0.25, -0.2) is 8.78 Å². The van der Waals surface area contributed by atoms with Crippen molar-refractivity contribution in [3.8, 4) is 5.69 Å². The molecular formula is C25H25F2N3O3. The first-order valence-electron chi connectivity index (χ1n) is 10.3. The van der Waals surface area contributed by atoms with E-state index in [0.717, 1.165) is 17.7 Å². The summed E-state index contributed by atoms with van der Waals surface area (Å²) < 4.78 is 28.8. The number of nitrogens with one attached hydrogen (secondary N) is 1. The van der Waals surface area contributed by atoms with Gasteiger partial charge in [0.05, 0.1) is 5.69 Å².